The minimum Gasteiger partial charge on any atom is -0.493 e. The molecular weight excluding hydrogens is 380 g/mol. The number of hydrogen-bond acceptors (Lipinski definition) is 5. The summed E-state index contributed by atoms with van der Waals surface area (Å²) < 4.78 is 17.0. The second kappa shape index (κ2) is 13.3. The second-order valence-corrected chi connectivity index (χ2v) is 7.98. The van der Waals surface area contributed by atoms with E-state index in [9.17, 15) is 0 Å². The fraction of sp³-hybridized carbons (Fsp3) is 0.696. The van der Waals surface area contributed by atoms with Gasteiger partial charge in [-0.15, -0.1) is 0 Å². The van der Waals surface area contributed by atoms with Gasteiger partial charge in [-0.1, -0.05) is 12.1 Å². The van der Waals surface area contributed by atoms with Crippen molar-refractivity contribution in [1.29, 1.82) is 0 Å². The minimum atomic E-state index is -0.0560. The first-order valence-corrected chi connectivity index (χ1v) is 11.2. The molecule has 0 aromatic heterocycles. The molecule has 0 spiro atoms. The topological polar surface area (TPSA) is 67.4 Å². The molecule has 1 aromatic rings. The Balaban J connectivity index is 1.79. The molecule has 1 saturated heterocycles. The number of para-hydroxylation sites is 2. The molecule has 1 heterocycles. The maximum atomic E-state index is 6.02. The fourth-order valence-corrected chi connectivity index (χ4v) is 3.42. The number of likely N-dealkylation sites (tertiary alicyclic amines) is 1. The van der Waals surface area contributed by atoms with E-state index in [-0.39, 0.29) is 6.10 Å². The van der Waals surface area contributed by atoms with E-state index in [1.165, 1.54) is 0 Å². The Morgan fingerprint density at radius 2 is 1.87 bits per heavy atom. The maximum Gasteiger partial charge on any atom is 0.191 e. The van der Waals surface area contributed by atoms with Crippen LogP contribution in [0.3, 0.4) is 0 Å². The highest BCUT2D eigenvalue weighted by Crippen LogP contribution is 2.26. The van der Waals surface area contributed by atoms with E-state index in [4.69, 9.17) is 19.2 Å². The fourth-order valence-electron chi connectivity index (χ4n) is 3.42. The van der Waals surface area contributed by atoms with Crippen molar-refractivity contribution in [3.05, 3.63) is 24.3 Å². The Labute approximate surface area is 182 Å². The molecule has 0 radical (unpaired) electrons. The van der Waals surface area contributed by atoms with Crippen LogP contribution < -0.4 is 20.1 Å². The number of hydrogen-bond donors (Lipinski definition) is 2. The predicted octanol–water partition coefficient (Wildman–Crippen LogP) is 2.91. The van der Waals surface area contributed by atoms with Crippen molar-refractivity contribution in [2.24, 2.45) is 4.99 Å². The molecule has 1 fully saturated rings. The van der Waals surface area contributed by atoms with Gasteiger partial charge >= 0.3 is 0 Å². The molecule has 30 heavy (non-hydrogen) atoms. The molecule has 0 amide bonds. The Morgan fingerprint density at radius 1 is 1.17 bits per heavy atom. The van der Waals surface area contributed by atoms with Crippen molar-refractivity contribution in [2.45, 2.75) is 58.8 Å². The highest BCUT2D eigenvalue weighted by atomic mass is 16.5. The lowest BCUT2D eigenvalue weighted by molar-refractivity contribution is 0.0532. The normalized spacial score (nSPS) is 17.1. The molecule has 2 rings (SSSR count). The molecule has 2 N–H and O–H groups in total. The Kier molecular flexibility index (Phi) is 10.8. The van der Waals surface area contributed by atoms with Crippen LogP contribution >= 0.6 is 0 Å². The van der Waals surface area contributed by atoms with Crippen LogP contribution in [0.25, 0.3) is 0 Å². The van der Waals surface area contributed by atoms with E-state index in [0.717, 1.165) is 63.1 Å². The lowest BCUT2D eigenvalue weighted by Crippen LogP contribution is -2.49. The van der Waals surface area contributed by atoms with Crippen molar-refractivity contribution < 1.29 is 14.2 Å². The van der Waals surface area contributed by atoms with Gasteiger partial charge in [0.1, 0.15) is 6.10 Å². The quantitative estimate of drug-likeness (QED) is 0.424. The van der Waals surface area contributed by atoms with Crippen molar-refractivity contribution in [1.82, 2.24) is 15.5 Å². The van der Waals surface area contributed by atoms with Crippen molar-refractivity contribution in [3.8, 4) is 11.5 Å². The molecule has 0 saturated carbocycles. The SMILES string of the molecule is CCNC(=NCC(C)Oc1ccccc1OC)NC1CCN(CCOC(C)C)CC1. The average molecular weight is 421 g/mol. The molecule has 0 aliphatic carbocycles. The number of guanidine groups is 1. The lowest BCUT2D eigenvalue weighted by atomic mass is 10.1. The van der Waals surface area contributed by atoms with Crippen LogP contribution in [0.5, 0.6) is 11.5 Å². The number of piperidine rings is 1. The van der Waals surface area contributed by atoms with Gasteiger partial charge in [-0.25, -0.2) is 4.99 Å². The summed E-state index contributed by atoms with van der Waals surface area (Å²) in [6.45, 7) is 13.7. The molecule has 1 unspecified atom stereocenters. The van der Waals surface area contributed by atoms with Gasteiger partial charge < -0.3 is 29.7 Å². The third-order valence-corrected chi connectivity index (χ3v) is 5.04. The third kappa shape index (κ3) is 8.79. The highest BCUT2D eigenvalue weighted by molar-refractivity contribution is 5.80. The summed E-state index contributed by atoms with van der Waals surface area (Å²) in [7, 11) is 1.65. The smallest absolute Gasteiger partial charge is 0.191 e. The standard InChI is InChI=1S/C23H40N4O3/c1-6-24-23(25-17-19(4)30-22-10-8-7-9-21(22)28-5)26-20-11-13-27(14-12-20)15-16-29-18(2)3/h7-10,18-20H,6,11-17H2,1-5H3,(H2,24,25,26). The molecular formula is C23H40N4O3. The second-order valence-electron chi connectivity index (χ2n) is 7.98. The van der Waals surface area contributed by atoms with Gasteiger partial charge in [-0.2, -0.15) is 0 Å². The Bertz CT molecular complexity index is 631. The molecule has 0 bridgehead atoms. The van der Waals surface area contributed by atoms with E-state index < -0.39 is 0 Å². The molecule has 1 aliphatic rings. The van der Waals surface area contributed by atoms with Gasteiger partial charge in [0.15, 0.2) is 17.5 Å². The summed E-state index contributed by atoms with van der Waals surface area (Å²) in [6, 6.07) is 8.14. The van der Waals surface area contributed by atoms with Crippen LogP contribution in [0, 0.1) is 0 Å². The van der Waals surface area contributed by atoms with Crippen molar-refractivity contribution in [3.63, 3.8) is 0 Å². The van der Waals surface area contributed by atoms with Crippen molar-refractivity contribution in [2.75, 3.05) is 46.4 Å². The monoisotopic (exact) mass is 420 g/mol. The highest BCUT2D eigenvalue weighted by Gasteiger charge is 2.20. The summed E-state index contributed by atoms with van der Waals surface area (Å²) in [5, 5.41) is 6.95. The van der Waals surface area contributed by atoms with Gasteiger partial charge in [-0.3, -0.25) is 0 Å². The van der Waals surface area contributed by atoms with E-state index in [1.54, 1.807) is 7.11 Å². The van der Waals surface area contributed by atoms with Crippen molar-refractivity contribution >= 4 is 5.96 Å². The number of nitrogens with zero attached hydrogens (tertiary/aromatic N) is 2. The van der Waals surface area contributed by atoms with Gasteiger partial charge in [0.2, 0.25) is 0 Å². The average Bonchev–Trinajstić information content (AvgIpc) is 2.73. The number of methoxy groups -OCH3 is 1. The first-order chi connectivity index (χ1) is 14.5. The Hall–Kier alpha value is -1.99. The summed E-state index contributed by atoms with van der Waals surface area (Å²) in [5.41, 5.74) is 0. The van der Waals surface area contributed by atoms with Crippen LogP contribution in [0.15, 0.2) is 29.3 Å². The maximum absolute atomic E-state index is 6.02. The summed E-state index contributed by atoms with van der Waals surface area (Å²) >= 11 is 0. The molecule has 170 valence electrons. The number of ether oxygens (including phenoxy) is 3. The van der Waals surface area contributed by atoms with E-state index in [0.29, 0.717) is 18.7 Å². The predicted molar refractivity (Wildman–Crippen MR) is 123 cm³/mol. The van der Waals surface area contributed by atoms with E-state index in [1.807, 2.05) is 31.2 Å². The first-order valence-electron chi connectivity index (χ1n) is 11.2. The number of rotatable bonds is 11. The van der Waals surface area contributed by atoms with E-state index in [2.05, 4.69) is 36.3 Å². The zero-order valence-electron chi connectivity index (χ0n) is 19.3. The largest absolute Gasteiger partial charge is 0.493 e. The van der Waals surface area contributed by atoms with Crippen LogP contribution in [0.2, 0.25) is 0 Å². The van der Waals surface area contributed by atoms with Gasteiger partial charge in [-0.05, 0) is 52.7 Å². The number of aliphatic imine (C=N–C) groups is 1. The zero-order chi connectivity index (χ0) is 21.8. The molecule has 1 atom stereocenters. The first kappa shape index (κ1) is 24.3. The number of benzene rings is 1. The van der Waals surface area contributed by atoms with Crippen LogP contribution in [-0.2, 0) is 4.74 Å². The Morgan fingerprint density at radius 3 is 2.50 bits per heavy atom. The summed E-state index contributed by atoms with van der Waals surface area (Å²) in [6.07, 6.45) is 2.47. The van der Waals surface area contributed by atoms with Crippen LogP contribution in [-0.4, -0.2) is 75.5 Å². The summed E-state index contributed by atoms with van der Waals surface area (Å²) in [4.78, 5) is 7.22. The summed E-state index contributed by atoms with van der Waals surface area (Å²) in [5.74, 6) is 2.34. The van der Waals surface area contributed by atoms with Gasteiger partial charge in [0.05, 0.1) is 26.4 Å². The number of nitrogens with one attached hydrogen (secondary N) is 2. The molecule has 7 nitrogen and oxygen atoms in total. The third-order valence-electron chi connectivity index (χ3n) is 5.04. The lowest BCUT2D eigenvalue weighted by Gasteiger charge is -2.33. The van der Waals surface area contributed by atoms with Crippen LogP contribution in [0.4, 0.5) is 0 Å². The molecule has 7 heteroatoms. The van der Waals surface area contributed by atoms with Gasteiger partial charge in [0.25, 0.3) is 0 Å². The minimum absolute atomic E-state index is 0.0560. The molecule has 1 aromatic carbocycles. The zero-order valence-corrected chi connectivity index (χ0v) is 19.3. The van der Waals surface area contributed by atoms with E-state index >= 15 is 0 Å². The van der Waals surface area contributed by atoms with Gasteiger partial charge in [0, 0.05) is 32.2 Å². The van der Waals surface area contributed by atoms with Crippen LogP contribution in [0.1, 0.15) is 40.5 Å². The molecule has 1 aliphatic heterocycles.